The molecule has 2 unspecified atom stereocenters. The van der Waals surface area contributed by atoms with Gasteiger partial charge in [0.05, 0.1) is 17.1 Å². The van der Waals surface area contributed by atoms with Crippen molar-refractivity contribution in [3.63, 3.8) is 0 Å². The van der Waals surface area contributed by atoms with Gasteiger partial charge < -0.3 is 14.6 Å². The van der Waals surface area contributed by atoms with Gasteiger partial charge in [-0.1, -0.05) is 17.7 Å². The molecular weight excluding hydrogens is 363 g/mol. The van der Waals surface area contributed by atoms with Gasteiger partial charge in [0.25, 0.3) is 0 Å². The molecule has 2 aromatic carbocycles. The van der Waals surface area contributed by atoms with Gasteiger partial charge in [-0.25, -0.2) is 0 Å². The van der Waals surface area contributed by atoms with Gasteiger partial charge in [-0.2, -0.15) is 12.6 Å². The number of rotatable bonds is 7. The molecule has 0 saturated heterocycles. The maximum absolute atomic E-state index is 12.3. The fourth-order valence-corrected chi connectivity index (χ4v) is 2.75. The molecule has 0 radical (unpaired) electrons. The Balaban J connectivity index is 0.00000338. The predicted octanol–water partition coefficient (Wildman–Crippen LogP) is -0.772. The summed E-state index contributed by atoms with van der Waals surface area (Å²) in [5.74, 6) is -3.24. The van der Waals surface area contributed by atoms with Gasteiger partial charge in [0.2, 0.25) is 0 Å². The minimum absolute atomic E-state index is 0. The zero-order valence-electron chi connectivity index (χ0n) is 14.8. The van der Waals surface area contributed by atoms with Crippen molar-refractivity contribution < 1.29 is 53.8 Å². The number of ether oxygens (including phenoxy) is 1. The van der Waals surface area contributed by atoms with Crippen LogP contribution in [-0.4, -0.2) is 22.8 Å². The summed E-state index contributed by atoms with van der Waals surface area (Å²) in [6, 6.07) is 13.7. The van der Waals surface area contributed by atoms with Gasteiger partial charge in [-0.05, 0) is 50.2 Å². The first kappa shape index (κ1) is 22.4. The minimum atomic E-state index is -1.61. The molecule has 0 spiro atoms. The van der Waals surface area contributed by atoms with Crippen molar-refractivity contribution >= 4 is 30.2 Å². The molecule has 5 nitrogen and oxygen atoms in total. The maximum atomic E-state index is 12.3. The molecule has 0 fully saturated rings. The van der Waals surface area contributed by atoms with Gasteiger partial charge in [0.15, 0.2) is 5.78 Å². The fourth-order valence-electron chi connectivity index (χ4n) is 2.27. The first-order valence-electron chi connectivity index (χ1n) is 7.58. The number of aliphatic carboxylic acids is 1. The summed E-state index contributed by atoms with van der Waals surface area (Å²) >= 11 is 4.00. The SMILES string of the molecule is CC(=O)C(C(=O)[O-])C(S)C(=O)c1ccc(Oc2ccc(C)cc2)cc1.[Na+]. The van der Waals surface area contributed by atoms with Crippen LogP contribution in [0.4, 0.5) is 0 Å². The van der Waals surface area contributed by atoms with E-state index < -0.39 is 28.7 Å². The van der Waals surface area contributed by atoms with Crippen LogP contribution in [0.5, 0.6) is 11.5 Å². The average molecular weight is 380 g/mol. The molecule has 0 saturated carbocycles. The van der Waals surface area contributed by atoms with Crippen LogP contribution < -0.4 is 39.4 Å². The summed E-state index contributed by atoms with van der Waals surface area (Å²) in [5, 5.41) is 9.75. The Bertz CT molecular complexity index is 773. The molecule has 0 heterocycles. The topological polar surface area (TPSA) is 83.5 Å². The summed E-state index contributed by atoms with van der Waals surface area (Å²) in [6.45, 7) is 3.06. The number of carbonyl (C=O) groups excluding carboxylic acids is 3. The van der Waals surface area contributed by atoms with E-state index in [4.69, 9.17) is 4.74 Å². The molecule has 7 heteroatoms. The molecule has 0 N–H and O–H groups in total. The van der Waals surface area contributed by atoms with E-state index in [9.17, 15) is 19.5 Å². The average Bonchev–Trinajstić information content (AvgIpc) is 2.56. The summed E-state index contributed by atoms with van der Waals surface area (Å²) < 4.78 is 5.66. The number of carboxylic acids is 1. The van der Waals surface area contributed by atoms with Crippen LogP contribution in [0.3, 0.4) is 0 Å². The summed E-state index contributed by atoms with van der Waals surface area (Å²) in [7, 11) is 0. The molecule has 0 aliphatic carbocycles. The number of aryl methyl sites for hydroxylation is 1. The second-order valence-electron chi connectivity index (χ2n) is 5.66. The minimum Gasteiger partial charge on any atom is -0.549 e. The standard InChI is InChI=1S/C19H18O5S.Na/c1-11-3-7-14(8-4-11)24-15-9-5-13(6-10-15)17(21)18(25)16(12(2)20)19(22)23;/h3-10,16,18,25H,1-2H3,(H,22,23);/q;+1/p-1. The smallest absolute Gasteiger partial charge is 0.549 e. The second kappa shape index (κ2) is 9.92. The van der Waals surface area contributed by atoms with Crippen LogP contribution in [0.2, 0.25) is 0 Å². The number of benzene rings is 2. The first-order chi connectivity index (χ1) is 11.8. The number of hydrogen-bond donors (Lipinski definition) is 1. The Morgan fingerprint density at radius 1 is 0.962 bits per heavy atom. The maximum Gasteiger partial charge on any atom is 1.00 e. The van der Waals surface area contributed by atoms with Crippen molar-refractivity contribution in [1.29, 1.82) is 0 Å². The largest absolute Gasteiger partial charge is 1.00 e. The third-order valence-electron chi connectivity index (χ3n) is 3.67. The van der Waals surface area contributed by atoms with E-state index >= 15 is 0 Å². The molecule has 0 amide bonds. The van der Waals surface area contributed by atoms with Crippen molar-refractivity contribution in [1.82, 2.24) is 0 Å². The molecule has 0 aliphatic heterocycles. The van der Waals surface area contributed by atoms with Crippen LogP contribution >= 0.6 is 12.6 Å². The number of hydrogen-bond acceptors (Lipinski definition) is 6. The van der Waals surface area contributed by atoms with Crippen molar-refractivity contribution in [2.45, 2.75) is 19.1 Å². The van der Waals surface area contributed by atoms with Gasteiger partial charge >= 0.3 is 29.6 Å². The van der Waals surface area contributed by atoms with Crippen molar-refractivity contribution in [2.75, 3.05) is 0 Å². The van der Waals surface area contributed by atoms with Crippen LogP contribution in [0, 0.1) is 12.8 Å². The van der Waals surface area contributed by atoms with Crippen molar-refractivity contribution in [3.8, 4) is 11.5 Å². The Morgan fingerprint density at radius 3 is 1.85 bits per heavy atom. The van der Waals surface area contributed by atoms with Gasteiger partial charge in [-0.15, -0.1) is 0 Å². The van der Waals surface area contributed by atoms with E-state index in [0.717, 1.165) is 12.5 Å². The summed E-state index contributed by atoms with van der Waals surface area (Å²) in [4.78, 5) is 34.8. The van der Waals surface area contributed by atoms with Gasteiger partial charge in [0, 0.05) is 5.56 Å². The zero-order chi connectivity index (χ0) is 18.6. The number of thiol groups is 1. The van der Waals surface area contributed by atoms with Crippen LogP contribution in [0.15, 0.2) is 48.5 Å². The van der Waals surface area contributed by atoms with Crippen LogP contribution in [-0.2, 0) is 9.59 Å². The molecular formula is C19H17NaO5S. The van der Waals surface area contributed by atoms with E-state index in [1.165, 1.54) is 12.1 Å². The Hall–Kier alpha value is -1.60. The Kier molecular flexibility index (Phi) is 8.56. The van der Waals surface area contributed by atoms with Crippen LogP contribution in [0.25, 0.3) is 0 Å². The normalized spacial score (nSPS) is 12.4. The number of carbonyl (C=O) groups is 3. The molecule has 130 valence electrons. The number of carboxylic acid groups (broad SMARTS) is 1. The molecule has 2 rings (SSSR count). The zero-order valence-corrected chi connectivity index (χ0v) is 17.7. The van der Waals surface area contributed by atoms with E-state index in [2.05, 4.69) is 12.6 Å². The number of ketones is 2. The molecule has 0 bridgehead atoms. The molecule has 0 aromatic heterocycles. The molecule has 26 heavy (non-hydrogen) atoms. The van der Waals surface area contributed by atoms with E-state index in [-0.39, 0.29) is 35.1 Å². The quantitative estimate of drug-likeness (QED) is 0.295. The predicted molar refractivity (Wildman–Crippen MR) is 94.0 cm³/mol. The molecule has 0 aliphatic rings. The van der Waals surface area contributed by atoms with Crippen molar-refractivity contribution in [3.05, 3.63) is 59.7 Å². The molecule has 2 atom stereocenters. The summed E-state index contributed by atoms with van der Waals surface area (Å²) in [5.41, 5.74) is 1.35. The second-order valence-corrected chi connectivity index (χ2v) is 6.21. The van der Waals surface area contributed by atoms with E-state index in [1.807, 2.05) is 31.2 Å². The third kappa shape index (κ3) is 5.71. The summed E-state index contributed by atoms with van der Waals surface area (Å²) in [6.07, 6.45) is 0. The molecule has 2 aromatic rings. The first-order valence-corrected chi connectivity index (χ1v) is 8.09. The van der Waals surface area contributed by atoms with Gasteiger partial charge in [-0.3, -0.25) is 9.59 Å². The Labute approximate surface area is 179 Å². The monoisotopic (exact) mass is 380 g/mol. The third-order valence-corrected chi connectivity index (χ3v) is 4.20. The van der Waals surface area contributed by atoms with E-state index in [1.54, 1.807) is 12.1 Å². The van der Waals surface area contributed by atoms with Crippen LogP contribution in [0.1, 0.15) is 22.8 Å². The fraction of sp³-hybridized carbons (Fsp3) is 0.211. The number of Topliss-reactive ketones (excluding diaryl/α,β-unsaturated/α-hetero) is 2. The Morgan fingerprint density at radius 2 is 1.42 bits per heavy atom. The van der Waals surface area contributed by atoms with E-state index in [0.29, 0.717) is 11.5 Å². The van der Waals surface area contributed by atoms with Gasteiger partial charge in [0.1, 0.15) is 17.3 Å². The van der Waals surface area contributed by atoms with Crippen molar-refractivity contribution in [2.24, 2.45) is 5.92 Å².